The molecule has 3 nitrogen and oxygen atoms in total. The quantitative estimate of drug-likeness (QED) is 0.465. The van der Waals surface area contributed by atoms with Gasteiger partial charge in [-0.15, -0.1) is 0 Å². The number of hydrogen-bond acceptors (Lipinski definition) is 5. The van der Waals surface area contributed by atoms with Crippen LogP contribution >= 0.6 is 23.5 Å². The van der Waals surface area contributed by atoms with Gasteiger partial charge in [-0.05, 0) is 55.0 Å². The summed E-state index contributed by atoms with van der Waals surface area (Å²) in [6.45, 7) is 6.06. The minimum Gasteiger partial charge on any atom is -0.508 e. The van der Waals surface area contributed by atoms with E-state index in [1.807, 2.05) is 56.5 Å². The molecule has 3 rings (SSSR count). The number of anilines is 1. The summed E-state index contributed by atoms with van der Waals surface area (Å²) in [7, 11) is 2.02. The number of phenols is 2. The minimum atomic E-state index is 0.263. The Bertz CT molecular complexity index is 961. The van der Waals surface area contributed by atoms with Crippen molar-refractivity contribution in [3.05, 3.63) is 88.9 Å². The Balaban J connectivity index is 1.58. The van der Waals surface area contributed by atoms with Crippen molar-refractivity contribution in [2.75, 3.05) is 11.9 Å². The van der Waals surface area contributed by atoms with Crippen molar-refractivity contribution < 1.29 is 10.2 Å². The van der Waals surface area contributed by atoms with Gasteiger partial charge in [-0.2, -0.15) is 0 Å². The van der Waals surface area contributed by atoms with Gasteiger partial charge >= 0.3 is 0 Å². The van der Waals surface area contributed by atoms with E-state index < -0.39 is 0 Å². The van der Waals surface area contributed by atoms with Crippen LogP contribution in [0, 0.1) is 6.92 Å². The Kier molecular flexibility index (Phi) is 6.04. The number of aromatic hydroxyl groups is 2. The van der Waals surface area contributed by atoms with Gasteiger partial charge in [0.2, 0.25) is 0 Å². The van der Waals surface area contributed by atoms with Crippen LogP contribution in [0.5, 0.6) is 11.5 Å². The van der Waals surface area contributed by atoms with E-state index in [-0.39, 0.29) is 11.5 Å². The molecule has 2 aromatic rings. The fourth-order valence-corrected chi connectivity index (χ4v) is 4.48. The number of benzene rings is 2. The zero-order valence-corrected chi connectivity index (χ0v) is 16.8. The van der Waals surface area contributed by atoms with Crippen LogP contribution in [0.15, 0.2) is 93.1 Å². The zero-order valence-electron chi connectivity index (χ0n) is 15.2. The van der Waals surface area contributed by atoms with Gasteiger partial charge in [-0.3, -0.25) is 0 Å². The average Bonchev–Trinajstić information content (AvgIpc) is 2.93. The first-order valence-electron chi connectivity index (χ1n) is 8.40. The third-order valence-corrected chi connectivity index (χ3v) is 6.23. The first-order chi connectivity index (χ1) is 12.9. The van der Waals surface area contributed by atoms with Crippen molar-refractivity contribution in [3.63, 3.8) is 0 Å². The van der Waals surface area contributed by atoms with Gasteiger partial charge < -0.3 is 15.1 Å². The molecule has 0 fully saturated rings. The first-order valence-corrected chi connectivity index (χ1v) is 10.0. The Morgan fingerprint density at radius 3 is 2.63 bits per heavy atom. The smallest absolute Gasteiger partial charge is 0.116 e. The molecule has 0 saturated carbocycles. The summed E-state index contributed by atoms with van der Waals surface area (Å²) in [5, 5.41) is 20.3. The number of fused-ring (bicyclic) bond motifs is 1. The van der Waals surface area contributed by atoms with E-state index in [1.165, 1.54) is 11.8 Å². The molecule has 0 saturated heterocycles. The molecule has 1 aliphatic heterocycles. The molecule has 0 aliphatic carbocycles. The van der Waals surface area contributed by atoms with Gasteiger partial charge in [0.15, 0.2) is 0 Å². The summed E-state index contributed by atoms with van der Waals surface area (Å²) in [5.74, 6) is 0.547. The van der Waals surface area contributed by atoms with E-state index in [2.05, 4.69) is 11.5 Å². The highest BCUT2D eigenvalue weighted by molar-refractivity contribution is 8.03. The fourth-order valence-electron chi connectivity index (χ4n) is 2.55. The standard InChI is InChI=1S/C22H21NO2S2/c1-15-9-10-17(24)13-20(15)26-16(2)7-5-4-6-8-22-23(3)19-12-11-18(25)14-21(19)27-22/h4-14,24-25H,2H2,1,3H3/b6-4+,7-5+,22-8-. The number of rotatable bonds is 5. The van der Waals surface area contributed by atoms with Crippen molar-refractivity contribution in [1.82, 2.24) is 0 Å². The molecule has 0 aromatic heterocycles. The highest BCUT2D eigenvalue weighted by atomic mass is 32.2. The van der Waals surface area contributed by atoms with Gasteiger partial charge in [0.05, 0.1) is 10.7 Å². The van der Waals surface area contributed by atoms with Crippen LogP contribution < -0.4 is 4.90 Å². The second-order valence-corrected chi connectivity index (χ2v) is 8.31. The van der Waals surface area contributed by atoms with Crippen LogP contribution in [-0.2, 0) is 0 Å². The van der Waals surface area contributed by atoms with Crippen LogP contribution in [0.4, 0.5) is 5.69 Å². The number of nitrogens with zero attached hydrogens (tertiary/aromatic N) is 1. The zero-order chi connectivity index (χ0) is 19.4. The second kappa shape index (κ2) is 8.46. The molecule has 2 N–H and O–H groups in total. The Hall–Kier alpha value is -2.50. The Morgan fingerprint density at radius 2 is 1.81 bits per heavy atom. The highest BCUT2D eigenvalue weighted by Crippen LogP contribution is 2.46. The molecule has 5 heteroatoms. The Labute approximate surface area is 168 Å². The summed E-state index contributed by atoms with van der Waals surface area (Å²) in [5.41, 5.74) is 2.21. The van der Waals surface area contributed by atoms with E-state index in [1.54, 1.807) is 36.0 Å². The predicted octanol–water partition coefficient (Wildman–Crippen LogP) is 6.21. The van der Waals surface area contributed by atoms with E-state index in [9.17, 15) is 10.2 Å². The normalized spacial score (nSPS) is 15.2. The summed E-state index contributed by atoms with van der Waals surface area (Å²) in [6.07, 6.45) is 9.88. The lowest BCUT2D eigenvalue weighted by Crippen LogP contribution is -2.08. The highest BCUT2D eigenvalue weighted by Gasteiger charge is 2.21. The molecule has 0 bridgehead atoms. The SMILES string of the molecule is C=C(/C=C/C=C/C=C1\Sc2cc(O)ccc2N1C)Sc1cc(O)ccc1C. The summed E-state index contributed by atoms with van der Waals surface area (Å²) in [6, 6.07) is 10.7. The maximum atomic E-state index is 9.61. The molecule has 1 aliphatic rings. The van der Waals surface area contributed by atoms with Crippen molar-refractivity contribution in [1.29, 1.82) is 0 Å². The molecule has 0 unspecified atom stereocenters. The number of aryl methyl sites for hydroxylation is 1. The monoisotopic (exact) mass is 395 g/mol. The molecule has 138 valence electrons. The van der Waals surface area contributed by atoms with Crippen molar-refractivity contribution >= 4 is 29.2 Å². The average molecular weight is 396 g/mol. The van der Waals surface area contributed by atoms with Crippen LogP contribution in [0.1, 0.15) is 5.56 Å². The fraction of sp³-hybridized carbons (Fsp3) is 0.0909. The third-order valence-electron chi connectivity index (χ3n) is 4.01. The van der Waals surface area contributed by atoms with Gasteiger partial charge in [0, 0.05) is 21.7 Å². The molecule has 2 aromatic carbocycles. The van der Waals surface area contributed by atoms with Crippen LogP contribution in [0.25, 0.3) is 0 Å². The van der Waals surface area contributed by atoms with Crippen molar-refractivity contribution in [2.45, 2.75) is 16.7 Å². The summed E-state index contributed by atoms with van der Waals surface area (Å²) >= 11 is 3.17. The molecule has 0 spiro atoms. The molecule has 0 amide bonds. The van der Waals surface area contributed by atoms with Gasteiger partial charge in [0.25, 0.3) is 0 Å². The molecular formula is C22H21NO2S2. The van der Waals surface area contributed by atoms with Crippen LogP contribution in [-0.4, -0.2) is 17.3 Å². The Morgan fingerprint density at radius 1 is 1.07 bits per heavy atom. The number of phenolic OH excluding ortho intramolecular Hbond substituents is 2. The lowest BCUT2D eigenvalue weighted by atomic mass is 10.2. The lowest BCUT2D eigenvalue weighted by Gasteiger charge is -2.12. The lowest BCUT2D eigenvalue weighted by molar-refractivity contribution is 0.473. The van der Waals surface area contributed by atoms with Crippen molar-refractivity contribution in [2.24, 2.45) is 0 Å². The molecule has 0 radical (unpaired) electrons. The van der Waals surface area contributed by atoms with Crippen LogP contribution in [0.3, 0.4) is 0 Å². The number of thioether (sulfide) groups is 2. The van der Waals surface area contributed by atoms with E-state index >= 15 is 0 Å². The molecule has 27 heavy (non-hydrogen) atoms. The maximum Gasteiger partial charge on any atom is 0.116 e. The van der Waals surface area contributed by atoms with Gasteiger partial charge in [-0.1, -0.05) is 54.4 Å². The van der Waals surface area contributed by atoms with Gasteiger partial charge in [0.1, 0.15) is 11.5 Å². The molecule has 0 atom stereocenters. The minimum absolute atomic E-state index is 0.263. The largest absolute Gasteiger partial charge is 0.508 e. The number of allylic oxidation sites excluding steroid dienone is 5. The number of hydrogen-bond donors (Lipinski definition) is 2. The van der Waals surface area contributed by atoms with E-state index in [0.717, 1.165) is 31.0 Å². The second-order valence-electron chi connectivity index (χ2n) is 6.08. The molecular weight excluding hydrogens is 374 g/mol. The topological polar surface area (TPSA) is 43.7 Å². The van der Waals surface area contributed by atoms with Crippen molar-refractivity contribution in [3.8, 4) is 11.5 Å². The summed E-state index contributed by atoms with van der Waals surface area (Å²) < 4.78 is 0. The van der Waals surface area contributed by atoms with E-state index in [0.29, 0.717) is 0 Å². The van der Waals surface area contributed by atoms with Crippen LogP contribution in [0.2, 0.25) is 0 Å². The maximum absolute atomic E-state index is 9.61. The first kappa shape index (κ1) is 19.3. The van der Waals surface area contributed by atoms with Gasteiger partial charge in [-0.25, -0.2) is 0 Å². The third kappa shape index (κ3) is 4.81. The van der Waals surface area contributed by atoms with E-state index in [4.69, 9.17) is 0 Å². The molecule has 1 heterocycles. The predicted molar refractivity (Wildman–Crippen MR) is 117 cm³/mol. The summed E-state index contributed by atoms with van der Waals surface area (Å²) in [4.78, 5) is 5.06.